The molecule has 0 saturated carbocycles. The van der Waals surface area contributed by atoms with Gasteiger partial charge in [0.05, 0.1) is 0 Å². The van der Waals surface area contributed by atoms with Crippen LogP contribution in [0.2, 0.25) is 0 Å². The highest BCUT2D eigenvalue weighted by Crippen LogP contribution is 2.26. The molecular weight excluding hydrogens is 356 g/mol. The largest absolute Gasteiger partial charge is 0.416 e. The highest BCUT2D eigenvalue weighted by molar-refractivity contribution is 5.98. The monoisotopic (exact) mass is 376 g/mol. The van der Waals surface area contributed by atoms with E-state index in [1.807, 2.05) is 31.2 Å². The summed E-state index contributed by atoms with van der Waals surface area (Å²) in [6.07, 6.45) is 1.51. The van der Waals surface area contributed by atoms with Crippen LogP contribution in [0.15, 0.2) is 52.9 Å². The molecular formula is C21H20N4O3. The molecule has 0 spiro atoms. The van der Waals surface area contributed by atoms with Gasteiger partial charge in [-0.25, -0.2) is 0 Å². The topological polar surface area (TPSA) is 97.1 Å². The number of aryl methyl sites for hydroxylation is 1. The molecule has 2 aromatic carbocycles. The first kappa shape index (κ1) is 17.9. The summed E-state index contributed by atoms with van der Waals surface area (Å²) in [5.41, 5.74) is 3.14. The van der Waals surface area contributed by atoms with Gasteiger partial charge in [-0.3, -0.25) is 9.59 Å². The third-order valence-corrected chi connectivity index (χ3v) is 4.79. The first-order valence-corrected chi connectivity index (χ1v) is 9.20. The van der Waals surface area contributed by atoms with Crippen molar-refractivity contribution in [2.24, 2.45) is 0 Å². The molecule has 0 unspecified atom stereocenters. The zero-order valence-electron chi connectivity index (χ0n) is 15.4. The lowest BCUT2D eigenvalue weighted by Gasteiger charge is -2.22. The molecule has 0 bridgehead atoms. The molecule has 0 aliphatic carbocycles. The number of hydrogen-bond acceptors (Lipinski definition) is 5. The van der Waals surface area contributed by atoms with Crippen LogP contribution in [0.4, 0.5) is 0 Å². The van der Waals surface area contributed by atoms with Crippen molar-refractivity contribution in [1.29, 1.82) is 0 Å². The van der Waals surface area contributed by atoms with Crippen LogP contribution in [-0.4, -0.2) is 34.6 Å². The molecule has 0 radical (unpaired) electrons. The molecule has 2 N–H and O–H groups in total. The fourth-order valence-electron chi connectivity index (χ4n) is 3.18. The summed E-state index contributed by atoms with van der Waals surface area (Å²) in [5, 5.41) is 13.8. The zero-order chi connectivity index (χ0) is 19.5. The van der Waals surface area contributed by atoms with Crippen molar-refractivity contribution in [2.45, 2.75) is 25.8 Å². The van der Waals surface area contributed by atoms with E-state index in [0.29, 0.717) is 30.3 Å². The average molecular weight is 376 g/mol. The Kier molecular flexibility index (Phi) is 4.89. The molecule has 7 heteroatoms. The van der Waals surface area contributed by atoms with E-state index < -0.39 is 6.04 Å². The fourth-order valence-corrected chi connectivity index (χ4v) is 3.18. The van der Waals surface area contributed by atoms with Crippen LogP contribution in [0.5, 0.6) is 0 Å². The highest BCUT2D eigenvalue weighted by atomic mass is 16.4. The van der Waals surface area contributed by atoms with Gasteiger partial charge in [-0.1, -0.05) is 18.2 Å². The van der Waals surface area contributed by atoms with Crippen LogP contribution >= 0.6 is 0 Å². The Morgan fingerprint density at radius 1 is 1.11 bits per heavy atom. The molecule has 28 heavy (non-hydrogen) atoms. The van der Waals surface area contributed by atoms with E-state index in [4.69, 9.17) is 4.42 Å². The SMILES string of the molecule is Cc1ccccc1-c1nnc(-c2ccc(C(=O)N[C@H]3CCCNC3=O)cc2)o1. The van der Waals surface area contributed by atoms with Gasteiger partial charge in [0.2, 0.25) is 17.7 Å². The van der Waals surface area contributed by atoms with Gasteiger partial charge in [0.25, 0.3) is 5.91 Å². The predicted octanol–water partition coefficient (Wildman–Crippen LogP) is 2.72. The lowest BCUT2D eigenvalue weighted by atomic mass is 10.1. The van der Waals surface area contributed by atoms with Crippen LogP contribution < -0.4 is 10.6 Å². The van der Waals surface area contributed by atoms with Crippen molar-refractivity contribution in [3.05, 3.63) is 59.7 Å². The number of benzene rings is 2. The second-order valence-electron chi connectivity index (χ2n) is 6.76. The van der Waals surface area contributed by atoms with Crippen LogP contribution in [0, 0.1) is 6.92 Å². The minimum absolute atomic E-state index is 0.134. The fraction of sp³-hybridized carbons (Fsp3) is 0.238. The predicted molar refractivity (Wildman–Crippen MR) is 103 cm³/mol. The number of aromatic nitrogens is 2. The van der Waals surface area contributed by atoms with Crippen LogP contribution in [0.1, 0.15) is 28.8 Å². The molecule has 3 aromatic rings. The van der Waals surface area contributed by atoms with Gasteiger partial charge in [0.1, 0.15) is 6.04 Å². The second-order valence-corrected chi connectivity index (χ2v) is 6.76. The molecule has 1 atom stereocenters. The maximum Gasteiger partial charge on any atom is 0.251 e. The molecule has 1 aromatic heterocycles. The van der Waals surface area contributed by atoms with Gasteiger partial charge in [-0.2, -0.15) is 0 Å². The van der Waals surface area contributed by atoms with E-state index >= 15 is 0 Å². The Hall–Kier alpha value is -3.48. The van der Waals surface area contributed by atoms with Gasteiger partial charge in [0, 0.05) is 23.2 Å². The van der Waals surface area contributed by atoms with E-state index in [9.17, 15) is 9.59 Å². The minimum Gasteiger partial charge on any atom is -0.416 e. The lowest BCUT2D eigenvalue weighted by Crippen LogP contribution is -2.50. The Balaban J connectivity index is 1.48. The van der Waals surface area contributed by atoms with Crippen LogP contribution in [0.3, 0.4) is 0 Å². The minimum atomic E-state index is -0.478. The van der Waals surface area contributed by atoms with Crippen LogP contribution in [-0.2, 0) is 4.79 Å². The van der Waals surface area contributed by atoms with Gasteiger partial charge >= 0.3 is 0 Å². The number of piperidine rings is 1. The molecule has 2 amide bonds. The number of hydrogen-bond donors (Lipinski definition) is 2. The third-order valence-electron chi connectivity index (χ3n) is 4.79. The summed E-state index contributed by atoms with van der Waals surface area (Å²) in [6.45, 7) is 2.65. The smallest absolute Gasteiger partial charge is 0.251 e. The number of amides is 2. The summed E-state index contributed by atoms with van der Waals surface area (Å²) in [5.74, 6) is 0.431. The lowest BCUT2D eigenvalue weighted by molar-refractivity contribution is -0.124. The summed E-state index contributed by atoms with van der Waals surface area (Å²) >= 11 is 0. The first-order chi connectivity index (χ1) is 13.6. The quantitative estimate of drug-likeness (QED) is 0.730. The van der Waals surface area contributed by atoms with Crippen molar-refractivity contribution >= 4 is 11.8 Å². The Labute approximate surface area is 162 Å². The normalized spacial score (nSPS) is 16.5. The van der Waals surface area contributed by atoms with Gasteiger partial charge < -0.3 is 15.1 Å². The molecule has 1 saturated heterocycles. The molecule has 2 heterocycles. The van der Waals surface area contributed by atoms with Gasteiger partial charge in [0.15, 0.2) is 0 Å². The van der Waals surface area contributed by atoms with Gasteiger partial charge in [-0.15, -0.1) is 10.2 Å². The van der Waals surface area contributed by atoms with E-state index in [1.165, 1.54) is 0 Å². The average Bonchev–Trinajstić information content (AvgIpc) is 3.20. The molecule has 1 fully saturated rings. The molecule has 7 nitrogen and oxygen atoms in total. The Morgan fingerprint density at radius 2 is 1.86 bits per heavy atom. The number of rotatable bonds is 4. The van der Waals surface area contributed by atoms with Crippen LogP contribution in [0.25, 0.3) is 22.9 Å². The van der Waals surface area contributed by atoms with E-state index in [0.717, 1.165) is 23.1 Å². The molecule has 4 rings (SSSR count). The molecule has 1 aliphatic rings. The van der Waals surface area contributed by atoms with E-state index in [-0.39, 0.29) is 11.8 Å². The maximum atomic E-state index is 12.4. The summed E-state index contributed by atoms with van der Waals surface area (Å²) < 4.78 is 5.80. The highest BCUT2D eigenvalue weighted by Gasteiger charge is 2.24. The Bertz CT molecular complexity index is 1010. The van der Waals surface area contributed by atoms with Crippen molar-refractivity contribution in [3.63, 3.8) is 0 Å². The summed E-state index contributed by atoms with van der Waals surface area (Å²) in [4.78, 5) is 24.2. The number of nitrogens with one attached hydrogen (secondary N) is 2. The summed E-state index contributed by atoms with van der Waals surface area (Å²) in [6, 6.07) is 14.2. The van der Waals surface area contributed by atoms with E-state index in [2.05, 4.69) is 20.8 Å². The number of carbonyl (C=O) groups excluding carboxylic acids is 2. The van der Waals surface area contributed by atoms with E-state index in [1.54, 1.807) is 24.3 Å². The number of nitrogens with zero attached hydrogens (tertiary/aromatic N) is 2. The zero-order valence-corrected chi connectivity index (χ0v) is 15.4. The third kappa shape index (κ3) is 3.64. The Morgan fingerprint density at radius 3 is 2.61 bits per heavy atom. The molecule has 1 aliphatic heterocycles. The standard InChI is InChI=1S/C21H20N4O3/c1-13-5-2-3-6-16(13)21-25-24-20(28-21)15-10-8-14(9-11-15)18(26)23-17-7-4-12-22-19(17)27/h2-3,5-6,8-11,17H,4,7,12H2,1H3,(H,22,27)(H,23,26)/t17-/m0/s1. The second kappa shape index (κ2) is 7.64. The number of carbonyl (C=O) groups is 2. The molecule has 142 valence electrons. The van der Waals surface area contributed by atoms with Crippen molar-refractivity contribution in [1.82, 2.24) is 20.8 Å². The van der Waals surface area contributed by atoms with Gasteiger partial charge in [-0.05, 0) is 55.7 Å². The summed E-state index contributed by atoms with van der Waals surface area (Å²) in [7, 11) is 0. The van der Waals surface area contributed by atoms with Crippen molar-refractivity contribution < 1.29 is 14.0 Å². The van der Waals surface area contributed by atoms with Crippen molar-refractivity contribution in [3.8, 4) is 22.9 Å². The van der Waals surface area contributed by atoms with Crippen molar-refractivity contribution in [2.75, 3.05) is 6.54 Å². The first-order valence-electron chi connectivity index (χ1n) is 9.20. The maximum absolute atomic E-state index is 12.4.